The van der Waals surface area contributed by atoms with Gasteiger partial charge in [0, 0.05) is 16.5 Å². The molecule has 220 valence electrons. The van der Waals surface area contributed by atoms with Crippen LogP contribution in [-0.4, -0.2) is 27.5 Å². The number of anilines is 2. The zero-order chi connectivity index (χ0) is 30.6. The summed E-state index contributed by atoms with van der Waals surface area (Å²) in [7, 11) is 0. The van der Waals surface area contributed by atoms with Crippen LogP contribution in [0.25, 0.3) is 0 Å². The van der Waals surface area contributed by atoms with E-state index in [2.05, 4.69) is 38.2 Å². The first-order chi connectivity index (χ1) is 20.4. The monoisotopic (exact) mass is 611 g/mol. The fourth-order valence-corrected chi connectivity index (χ4v) is 8.57. The van der Waals surface area contributed by atoms with E-state index in [-0.39, 0.29) is 34.6 Å². The van der Waals surface area contributed by atoms with Crippen LogP contribution >= 0.6 is 23.1 Å². The lowest BCUT2D eigenvalue weighted by Gasteiger charge is -2.31. The summed E-state index contributed by atoms with van der Waals surface area (Å²) >= 11 is 2.28. The minimum atomic E-state index is -0.728. The highest BCUT2D eigenvalue weighted by Crippen LogP contribution is 2.54. The number of hydrogen-bond acceptors (Lipinski definition) is 6. The lowest BCUT2D eigenvalue weighted by molar-refractivity contribution is -0.122. The first kappa shape index (κ1) is 29.1. The molecule has 2 aliphatic rings. The van der Waals surface area contributed by atoms with E-state index in [9.17, 15) is 19.2 Å². The van der Waals surface area contributed by atoms with Crippen LogP contribution in [0.5, 0.6) is 0 Å². The van der Waals surface area contributed by atoms with Gasteiger partial charge in [0.25, 0.3) is 0 Å². The van der Waals surface area contributed by atoms with E-state index in [0.717, 1.165) is 38.5 Å². The molecule has 3 heterocycles. The second-order valence-corrected chi connectivity index (χ2v) is 14.4. The number of thiazole rings is 1. The Morgan fingerprint density at radius 1 is 0.884 bits per heavy atom. The molecule has 1 aromatic heterocycles. The molecule has 0 saturated carbocycles. The summed E-state index contributed by atoms with van der Waals surface area (Å²) in [5.41, 5.74) is 5.12. The third kappa shape index (κ3) is 5.25. The molecule has 0 spiro atoms. The minimum Gasteiger partial charge on any atom is -0.324 e. The van der Waals surface area contributed by atoms with Crippen molar-refractivity contribution in [3.63, 3.8) is 0 Å². The molecule has 0 unspecified atom stereocenters. The van der Waals surface area contributed by atoms with Gasteiger partial charge < -0.3 is 5.32 Å². The number of benzene rings is 3. The number of imide groups is 1. The van der Waals surface area contributed by atoms with Crippen LogP contribution in [0.15, 0.2) is 82.6 Å². The molecule has 0 aliphatic carbocycles. The predicted molar refractivity (Wildman–Crippen MR) is 172 cm³/mol. The number of carbonyl (C=O) groups is 3. The van der Waals surface area contributed by atoms with Crippen molar-refractivity contribution in [2.45, 2.75) is 62.8 Å². The number of aryl methyl sites for hydroxylation is 2. The van der Waals surface area contributed by atoms with Crippen LogP contribution in [0, 0.1) is 19.8 Å². The predicted octanol–water partition coefficient (Wildman–Crippen LogP) is 6.26. The van der Waals surface area contributed by atoms with Crippen LogP contribution < -0.4 is 15.1 Å². The fraction of sp³-hybridized carbons (Fsp3) is 0.294. The Hall–Kier alpha value is -3.95. The van der Waals surface area contributed by atoms with Gasteiger partial charge in [-0.25, -0.2) is 4.90 Å². The highest BCUT2D eigenvalue weighted by atomic mass is 32.2. The molecule has 3 amide bonds. The smallest absolute Gasteiger partial charge is 0.308 e. The second kappa shape index (κ2) is 11.0. The van der Waals surface area contributed by atoms with E-state index >= 15 is 0 Å². The lowest BCUT2D eigenvalue weighted by Crippen LogP contribution is -2.33. The van der Waals surface area contributed by atoms with Crippen LogP contribution in [0.2, 0.25) is 0 Å². The Morgan fingerprint density at radius 2 is 1.56 bits per heavy atom. The Balaban J connectivity index is 1.42. The van der Waals surface area contributed by atoms with Crippen molar-refractivity contribution in [1.29, 1.82) is 0 Å². The fourth-order valence-electron chi connectivity index (χ4n) is 5.80. The topological polar surface area (TPSA) is 88.5 Å². The summed E-state index contributed by atoms with van der Waals surface area (Å²) in [5.74, 6) is -2.09. The number of thioether (sulfide) groups is 1. The van der Waals surface area contributed by atoms with Crippen molar-refractivity contribution in [3.05, 3.63) is 110 Å². The summed E-state index contributed by atoms with van der Waals surface area (Å²) in [6.45, 7) is 10.1. The summed E-state index contributed by atoms with van der Waals surface area (Å²) in [6, 6.07) is 22.9. The van der Waals surface area contributed by atoms with E-state index in [4.69, 9.17) is 0 Å². The van der Waals surface area contributed by atoms with Crippen LogP contribution in [0.4, 0.5) is 11.4 Å². The molecule has 2 aliphatic heterocycles. The largest absolute Gasteiger partial charge is 0.324 e. The Labute approximate surface area is 258 Å². The number of fused-ring (bicyclic) bond motifs is 2. The van der Waals surface area contributed by atoms with Gasteiger partial charge >= 0.3 is 4.87 Å². The maximum Gasteiger partial charge on any atom is 0.308 e. The van der Waals surface area contributed by atoms with Crippen molar-refractivity contribution >= 4 is 52.2 Å². The number of hydrogen-bond donors (Lipinski definition) is 1. The lowest BCUT2D eigenvalue weighted by atomic mass is 9.81. The normalized spacial score (nSPS) is 19.7. The summed E-state index contributed by atoms with van der Waals surface area (Å²) in [6.07, 6.45) is 0. The number of para-hydroxylation sites is 1. The van der Waals surface area contributed by atoms with Gasteiger partial charge in [0.05, 0.1) is 16.6 Å². The molecule has 1 saturated heterocycles. The second-order valence-electron chi connectivity index (χ2n) is 12.2. The molecule has 43 heavy (non-hydrogen) atoms. The molecule has 4 aromatic rings. The van der Waals surface area contributed by atoms with Crippen molar-refractivity contribution < 1.29 is 14.4 Å². The van der Waals surface area contributed by atoms with E-state index in [1.54, 1.807) is 12.1 Å². The van der Waals surface area contributed by atoms with Gasteiger partial charge in [-0.2, -0.15) is 0 Å². The van der Waals surface area contributed by atoms with Crippen LogP contribution in [0.1, 0.15) is 53.8 Å². The molecule has 1 fully saturated rings. The van der Waals surface area contributed by atoms with Gasteiger partial charge in [-0.1, -0.05) is 104 Å². The number of rotatable bonds is 5. The van der Waals surface area contributed by atoms with Crippen molar-refractivity contribution in [1.82, 2.24) is 4.57 Å². The van der Waals surface area contributed by atoms with Gasteiger partial charge in [-0.3, -0.25) is 23.7 Å². The molecule has 0 radical (unpaired) electrons. The zero-order valence-corrected chi connectivity index (χ0v) is 26.3. The zero-order valence-electron chi connectivity index (χ0n) is 24.7. The number of carbonyl (C=O) groups excluding carboxylic acids is 3. The number of nitrogens with zero attached hydrogens (tertiary/aromatic N) is 2. The summed E-state index contributed by atoms with van der Waals surface area (Å²) < 4.78 is 1.46. The average Bonchev–Trinajstić information content (AvgIpc) is 3.40. The van der Waals surface area contributed by atoms with Crippen molar-refractivity contribution in [2.24, 2.45) is 5.92 Å². The molecule has 9 heteroatoms. The average molecular weight is 612 g/mol. The molecule has 1 N–H and O–H groups in total. The van der Waals surface area contributed by atoms with Crippen LogP contribution in [0.3, 0.4) is 0 Å². The number of aromatic nitrogens is 1. The third-order valence-corrected chi connectivity index (χ3v) is 10.8. The van der Waals surface area contributed by atoms with Gasteiger partial charge in [-0.15, -0.1) is 0 Å². The molecule has 3 aromatic carbocycles. The standard InChI is InChI=1S/C34H33N3O4S2/c1-19-10-16-23(17-11-19)37-30(39)27-26(21-12-14-22(15-13-21)34(3,4)5)29-32(42-28(27)31(37)40)36(33(41)43-29)18-25(38)35-24-9-7-6-8-20(24)2/h6-17,26-28H,18H2,1-5H3,(H,35,38)/t26-,27-,28+/m0/s1. The van der Waals surface area contributed by atoms with E-state index < -0.39 is 17.1 Å². The van der Waals surface area contributed by atoms with Crippen LogP contribution in [-0.2, 0) is 26.3 Å². The Kier molecular flexibility index (Phi) is 7.42. The van der Waals surface area contributed by atoms with Crippen molar-refractivity contribution in [3.8, 4) is 0 Å². The van der Waals surface area contributed by atoms with Crippen molar-refractivity contribution in [2.75, 3.05) is 10.2 Å². The summed E-state index contributed by atoms with van der Waals surface area (Å²) in [4.78, 5) is 56.4. The third-order valence-electron chi connectivity index (χ3n) is 8.20. The molecule has 7 nitrogen and oxygen atoms in total. The van der Waals surface area contributed by atoms with Gasteiger partial charge in [0.1, 0.15) is 11.8 Å². The SMILES string of the molecule is Cc1ccc(N2C(=O)[C@H]3[C@H](c4ccc(C(C)(C)C)cc4)c4sc(=O)n(CC(=O)Nc5ccccc5C)c4S[C@H]3C2=O)cc1. The maximum absolute atomic E-state index is 14.1. The van der Waals surface area contributed by atoms with E-state index in [1.807, 2.05) is 62.4 Å². The van der Waals surface area contributed by atoms with Gasteiger partial charge in [0.15, 0.2) is 0 Å². The number of nitrogens with one attached hydrogen (secondary N) is 1. The summed E-state index contributed by atoms with van der Waals surface area (Å²) in [5, 5.41) is 2.76. The molecule has 3 atom stereocenters. The van der Waals surface area contributed by atoms with Gasteiger partial charge in [-0.05, 0) is 54.2 Å². The molecular formula is C34H33N3O4S2. The van der Waals surface area contributed by atoms with E-state index in [0.29, 0.717) is 16.4 Å². The molecule has 6 rings (SSSR count). The first-order valence-electron chi connectivity index (χ1n) is 14.2. The first-order valence-corrected chi connectivity index (χ1v) is 15.9. The maximum atomic E-state index is 14.1. The van der Waals surface area contributed by atoms with Gasteiger partial charge in [0.2, 0.25) is 17.7 Å². The molecular weight excluding hydrogens is 579 g/mol. The highest BCUT2D eigenvalue weighted by molar-refractivity contribution is 8.00. The highest BCUT2D eigenvalue weighted by Gasteiger charge is 2.56. The minimum absolute atomic E-state index is 0.0609. The molecule has 0 bridgehead atoms. The number of amides is 3. The Bertz CT molecular complexity index is 1800. The Morgan fingerprint density at radius 3 is 2.21 bits per heavy atom. The van der Waals surface area contributed by atoms with E-state index in [1.165, 1.54) is 21.2 Å². The quantitative estimate of drug-likeness (QED) is 0.269.